The highest BCUT2D eigenvalue weighted by Crippen LogP contribution is 2.38. The number of ether oxygens (including phenoxy) is 3. The molecule has 0 fully saturated rings. The Morgan fingerprint density at radius 2 is 1.64 bits per heavy atom. The molecule has 28 heavy (non-hydrogen) atoms. The number of benzene rings is 1. The molecule has 9 nitrogen and oxygen atoms in total. The molecule has 0 saturated carbocycles. The number of carbonyl (C=O) groups is 3. The molecule has 1 aromatic rings. The van der Waals surface area contributed by atoms with Gasteiger partial charge in [0.05, 0.1) is 20.8 Å². The Bertz CT molecular complexity index is 702. The Morgan fingerprint density at radius 1 is 1.11 bits per heavy atom. The minimum Gasteiger partial charge on any atom is -0.493 e. The average molecular weight is 395 g/mol. The molecule has 3 N–H and O–H groups in total. The summed E-state index contributed by atoms with van der Waals surface area (Å²) >= 11 is 0. The lowest BCUT2D eigenvalue weighted by molar-refractivity contribution is -0.123. The van der Waals surface area contributed by atoms with E-state index in [1.54, 1.807) is 6.92 Å². The topological polar surface area (TPSA) is 120 Å². The second kappa shape index (κ2) is 9.82. The predicted molar refractivity (Wildman–Crippen MR) is 104 cm³/mol. The van der Waals surface area contributed by atoms with E-state index in [0.29, 0.717) is 6.54 Å². The molecular weight excluding hydrogens is 366 g/mol. The van der Waals surface area contributed by atoms with Crippen molar-refractivity contribution < 1.29 is 28.6 Å². The number of carbonyl (C=O) groups excluding carboxylic acids is 3. The second-order valence-corrected chi connectivity index (χ2v) is 7.08. The van der Waals surface area contributed by atoms with Crippen molar-refractivity contribution in [2.75, 3.05) is 33.9 Å². The molecule has 0 saturated heterocycles. The molecule has 0 aliphatic heterocycles. The third-order valence-electron chi connectivity index (χ3n) is 3.58. The lowest BCUT2D eigenvalue weighted by Gasteiger charge is -2.25. The molecule has 0 unspecified atom stereocenters. The number of rotatable bonds is 9. The van der Waals surface area contributed by atoms with Gasteiger partial charge in [-0.3, -0.25) is 14.4 Å². The van der Waals surface area contributed by atoms with Crippen LogP contribution in [0, 0.1) is 0 Å². The first-order valence-electron chi connectivity index (χ1n) is 8.79. The van der Waals surface area contributed by atoms with E-state index < -0.39 is 11.4 Å². The van der Waals surface area contributed by atoms with Gasteiger partial charge in [0.25, 0.3) is 11.8 Å². The van der Waals surface area contributed by atoms with Gasteiger partial charge < -0.3 is 30.2 Å². The lowest BCUT2D eigenvalue weighted by Crippen LogP contribution is -2.47. The smallest absolute Gasteiger partial charge is 0.255 e. The molecule has 0 aliphatic rings. The summed E-state index contributed by atoms with van der Waals surface area (Å²) < 4.78 is 15.9. The number of methoxy groups -OCH3 is 2. The second-order valence-electron chi connectivity index (χ2n) is 7.08. The summed E-state index contributed by atoms with van der Waals surface area (Å²) in [5.41, 5.74) is 4.96. The van der Waals surface area contributed by atoms with E-state index in [0.717, 1.165) is 0 Å². The first-order chi connectivity index (χ1) is 13.0. The first-order valence-corrected chi connectivity index (χ1v) is 8.79. The number of hydrogen-bond donors (Lipinski definition) is 2. The zero-order valence-corrected chi connectivity index (χ0v) is 17.3. The zero-order chi connectivity index (χ0) is 21.5. The molecule has 1 rings (SSSR count). The van der Waals surface area contributed by atoms with Crippen molar-refractivity contribution in [1.29, 1.82) is 0 Å². The van der Waals surface area contributed by atoms with E-state index in [-0.39, 0.29) is 47.8 Å². The quantitative estimate of drug-likeness (QED) is 0.642. The van der Waals surface area contributed by atoms with Gasteiger partial charge >= 0.3 is 0 Å². The average Bonchev–Trinajstić information content (AvgIpc) is 2.61. The molecule has 0 aromatic heterocycles. The highest BCUT2D eigenvalue weighted by atomic mass is 16.5. The minimum atomic E-state index is -0.661. The van der Waals surface area contributed by atoms with Crippen molar-refractivity contribution in [3.05, 3.63) is 17.7 Å². The minimum absolute atomic E-state index is 0.0861. The van der Waals surface area contributed by atoms with Crippen LogP contribution in [0.4, 0.5) is 0 Å². The van der Waals surface area contributed by atoms with E-state index in [1.807, 2.05) is 20.8 Å². The van der Waals surface area contributed by atoms with Gasteiger partial charge in [-0.2, -0.15) is 0 Å². The van der Waals surface area contributed by atoms with Crippen LogP contribution in [-0.4, -0.2) is 62.1 Å². The molecule has 156 valence electrons. The maximum atomic E-state index is 12.9. The fourth-order valence-corrected chi connectivity index (χ4v) is 2.43. The summed E-state index contributed by atoms with van der Waals surface area (Å²) in [5.74, 6) is -0.717. The SMILES string of the molecule is CCN(CC(=O)NC(C)(C)C)C(=O)c1cc(OC)c(OCC(N)=O)c(OC)c1. The zero-order valence-electron chi connectivity index (χ0n) is 17.3. The highest BCUT2D eigenvalue weighted by molar-refractivity contribution is 5.97. The summed E-state index contributed by atoms with van der Waals surface area (Å²) in [7, 11) is 2.79. The van der Waals surface area contributed by atoms with E-state index >= 15 is 0 Å². The Kier molecular flexibility index (Phi) is 8.09. The predicted octanol–water partition coefficient (Wildman–Crippen LogP) is 0.945. The van der Waals surface area contributed by atoms with E-state index in [4.69, 9.17) is 19.9 Å². The highest BCUT2D eigenvalue weighted by Gasteiger charge is 2.24. The van der Waals surface area contributed by atoms with Crippen molar-refractivity contribution in [2.45, 2.75) is 33.2 Å². The number of primary amides is 1. The van der Waals surface area contributed by atoms with E-state index in [2.05, 4.69) is 5.32 Å². The monoisotopic (exact) mass is 395 g/mol. The lowest BCUT2D eigenvalue weighted by atomic mass is 10.1. The molecular formula is C19H29N3O6. The van der Waals surface area contributed by atoms with Crippen molar-refractivity contribution in [2.24, 2.45) is 5.73 Å². The molecule has 1 aromatic carbocycles. The normalized spacial score (nSPS) is 10.8. The van der Waals surface area contributed by atoms with Crippen molar-refractivity contribution >= 4 is 17.7 Å². The van der Waals surface area contributed by atoms with Crippen LogP contribution in [-0.2, 0) is 9.59 Å². The third-order valence-corrected chi connectivity index (χ3v) is 3.58. The van der Waals surface area contributed by atoms with Gasteiger partial charge in [-0.15, -0.1) is 0 Å². The first kappa shape index (κ1) is 23.1. The number of likely N-dealkylation sites (N-methyl/N-ethyl adjacent to an activating group) is 1. The van der Waals surface area contributed by atoms with Crippen LogP contribution in [0.5, 0.6) is 17.2 Å². The van der Waals surface area contributed by atoms with Gasteiger partial charge in [0, 0.05) is 17.6 Å². The van der Waals surface area contributed by atoms with Gasteiger partial charge in [0.15, 0.2) is 18.1 Å². The van der Waals surface area contributed by atoms with Crippen molar-refractivity contribution in [3.8, 4) is 17.2 Å². The summed E-state index contributed by atoms with van der Waals surface area (Å²) in [6, 6.07) is 2.93. The standard InChI is InChI=1S/C19H29N3O6/c1-7-22(10-16(24)21-19(2,3)4)18(25)12-8-13(26-5)17(14(9-12)27-6)28-11-15(20)23/h8-9H,7,10-11H2,1-6H3,(H2,20,23)(H,21,24). The van der Waals surface area contributed by atoms with Crippen molar-refractivity contribution in [3.63, 3.8) is 0 Å². The summed E-state index contributed by atoms with van der Waals surface area (Å²) in [6.45, 7) is 7.25. The molecule has 0 spiro atoms. The number of nitrogens with two attached hydrogens (primary N) is 1. The third kappa shape index (κ3) is 6.64. The van der Waals surface area contributed by atoms with Crippen molar-refractivity contribution in [1.82, 2.24) is 10.2 Å². The van der Waals surface area contributed by atoms with Crippen LogP contribution in [0.15, 0.2) is 12.1 Å². The van der Waals surface area contributed by atoms with Crippen LogP contribution in [0.25, 0.3) is 0 Å². The van der Waals surface area contributed by atoms with Gasteiger partial charge in [0.1, 0.15) is 0 Å². The van der Waals surface area contributed by atoms with Crippen LogP contribution >= 0.6 is 0 Å². The summed E-state index contributed by atoms with van der Waals surface area (Å²) in [5, 5.41) is 2.83. The number of nitrogens with one attached hydrogen (secondary N) is 1. The van der Waals surface area contributed by atoms with Crippen LogP contribution < -0.4 is 25.3 Å². The van der Waals surface area contributed by atoms with Gasteiger partial charge in [-0.1, -0.05) is 0 Å². The largest absolute Gasteiger partial charge is 0.493 e. The fourth-order valence-electron chi connectivity index (χ4n) is 2.43. The molecule has 9 heteroatoms. The fraction of sp³-hybridized carbons (Fsp3) is 0.526. The molecule has 3 amide bonds. The molecule has 0 bridgehead atoms. The number of nitrogens with zero attached hydrogens (tertiary/aromatic N) is 1. The maximum absolute atomic E-state index is 12.9. The van der Waals surface area contributed by atoms with Gasteiger partial charge in [-0.25, -0.2) is 0 Å². The summed E-state index contributed by atoms with van der Waals surface area (Å²) in [6.07, 6.45) is 0. The molecule has 0 heterocycles. The maximum Gasteiger partial charge on any atom is 0.255 e. The Morgan fingerprint density at radius 3 is 2.04 bits per heavy atom. The summed E-state index contributed by atoms with van der Waals surface area (Å²) in [4.78, 5) is 37.5. The van der Waals surface area contributed by atoms with Gasteiger partial charge in [-0.05, 0) is 39.8 Å². The molecule has 0 radical (unpaired) electrons. The molecule has 0 aliphatic carbocycles. The molecule has 0 atom stereocenters. The van der Waals surface area contributed by atoms with Crippen LogP contribution in [0.3, 0.4) is 0 Å². The number of hydrogen-bond acceptors (Lipinski definition) is 6. The Hall–Kier alpha value is -2.97. The van der Waals surface area contributed by atoms with Crippen LogP contribution in [0.1, 0.15) is 38.1 Å². The Balaban J connectivity index is 3.14. The van der Waals surface area contributed by atoms with Gasteiger partial charge in [0.2, 0.25) is 11.7 Å². The van der Waals surface area contributed by atoms with E-state index in [1.165, 1.54) is 31.3 Å². The van der Waals surface area contributed by atoms with E-state index in [9.17, 15) is 14.4 Å². The van der Waals surface area contributed by atoms with Crippen LogP contribution in [0.2, 0.25) is 0 Å². The number of amides is 3. The Labute approximate surface area is 165 Å².